The van der Waals surface area contributed by atoms with Crippen molar-refractivity contribution in [2.45, 2.75) is 9.79 Å². The van der Waals surface area contributed by atoms with Crippen molar-refractivity contribution in [3.63, 3.8) is 0 Å². The van der Waals surface area contributed by atoms with Crippen LogP contribution in [0.2, 0.25) is 0 Å². The van der Waals surface area contributed by atoms with Crippen LogP contribution in [0.4, 0.5) is 0 Å². The van der Waals surface area contributed by atoms with Crippen molar-refractivity contribution in [2.24, 2.45) is 0 Å². The molecule has 92 valence electrons. The molecule has 0 spiro atoms. The standard InChI is InChI=1S/C11H10O3S3.Zn/c1-14-17(12,13)8-4-5-10(15)9(7-8)11-3-2-6-16-11;/h2-7,15H,1H3;. The van der Waals surface area contributed by atoms with Gasteiger partial charge in [-0.2, -0.15) is 8.42 Å². The van der Waals surface area contributed by atoms with Crippen LogP contribution >= 0.6 is 24.0 Å². The quantitative estimate of drug-likeness (QED) is 0.525. The van der Waals surface area contributed by atoms with Gasteiger partial charge in [0.2, 0.25) is 0 Å². The van der Waals surface area contributed by atoms with E-state index in [-0.39, 0.29) is 24.4 Å². The molecule has 1 aromatic carbocycles. The van der Waals surface area contributed by atoms with Gasteiger partial charge in [-0.3, -0.25) is 4.18 Å². The van der Waals surface area contributed by atoms with E-state index in [1.54, 1.807) is 12.1 Å². The molecule has 0 fully saturated rings. The monoisotopic (exact) mass is 350 g/mol. The summed E-state index contributed by atoms with van der Waals surface area (Å²) in [7, 11) is -2.51. The fourth-order valence-electron chi connectivity index (χ4n) is 1.40. The normalized spacial score (nSPS) is 11.0. The van der Waals surface area contributed by atoms with E-state index in [9.17, 15) is 8.42 Å². The molecule has 0 saturated heterocycles. The zero-order chi connectivity index (χ0) is 12.5. The smallest absolute Gasteiger partial charge is 0.270 e. The maximum atomic E-state index is 11.6. The minimum atomic E-state index is -3.66. The first-order valence-electron chi connectivity index (χ1n) is 4.72. The van der Waals surface area contributed by atoms with Gasteiger partial charge >= 0.3 is 0 Å². The molecule has 1 aromatic heterocycles. The van der Waals surface area contributed by atoms with Crippen molar-refractivity contribution >= 4 is 34.1 Å². The molecule has 0 atom stereocenters. The Bertz CT molecular complexity index is 621. The molecule has 0 unspecified atom stereocenters. The van der Waals surface area contributed by atoms with Crippen molar-refractivity contribution < 1.29 is 32.1 Å². The Morgan fingerprint density at radius 3 is 2.56 bits per heavy atom. The Balaban J connectivity index is 0.00000162. The minimum absolute atomic E-state index is 0. The zero-order valence-electron chi connectivity index (χ0n) is 9.66. The summed E-state index contributed by atoms with van der Waals surface area (Å²) in [4.78, 5) is 1.85. The van der Waals surface area contributed by atoms with Crippen LogP contribution in [-0.4, -0.2) is 15.5 Å². The van der Waals surface area contributed by atoms with Gasteiger partial charge in [0.05, 0.1) is 12.0 Å². The molecule has 0 amide bonds. The van der Waals surface area contributed by atoms with Crippen molar-refractivity contribution in [1.82, 2.24) is 0 Å². The SMILES string of the molecule is COS(=O)(=O)c1ccc(S)c(-c2cccs2)c1.[Zn]. The summed E-state index contributed by atoms with van der Waals surface area (Å²) >= 11 is 5.86. The Hall–Kier alpha value is -0.197. The van der Waals surface area contributed by atoms with E-state index >= 15 is 0 Å². The number of rotatable bonds is 3. The number of hydrogen-bond acceptors (Lipinski definition) is 5. The van der Waals surface area contributed by atoms with Crippen molar-refractivity contribution in [2.75, 3.05) is 7.11 Å². The Labute approximate surface area is 128 Å². The molecule has 2 aromatic rings. The average molecular weight is 352 g/mol. The molecule has 2 rings (SSSR count). The van der Waals surface area contributed by atoms with E-state index < -0.39 is 10.1 Å². The number of benzene rings is 1. The Kier molecular flexibility index (Phi) is 5.55. The summed E-state index contributed by atoms with van der Waals surface area (Å²) < 4.78 is 27.7. The van der Waals surface area contributed by atoms with Gasteiger partial charge in [0.25, 0.3) is 10.1 Å². The van der Waals surface area contributed by atoms with E-state index in [4.69, 9.17) is 0 Å². The van der Waals surface area contributed by atoms with E-state index in [1.165, 1.54) is 17.4 Å². The van der Waals surface area contributed by atoms with Crippen molar-refractivity contribution in [3.8, 4) is 10.4 Å². The molecule has 7 heteroatoms. The second-order valence-corrected chi connectivity index (χ2v) is 6.42. The molecule has 3 nitrogen and oxygen atoms in total. The van der Waals surface area contributed by atoms with E-state index in [0.717, 1.165) is 22.4 Å². The van der Waals surface area contributed by atoms with E-state index in [0.29, 0.717) is 0 Å². The fraction of sp³-hybridized carbons (Fsp3) is 0.0909. The third-order valence-electron chi connectivity index (χ3n) is 2.26. The number of hydrogen-bond donors (Lipinski definition) is 1. The van der Waals surface area contributed by atoms with Crippen molar-refractivity contribution in [1.29, 1.82) is 0 Å². The second-order valence-electron chi connectivity index (χ2n) is 3.28. The third-order valence-corrected chi connectivity index (χ3v) is 4.83. The minimum Gasteiger partial charge on any atom is -0.270 e. The average Bonchev–Trinajstić information content (AvgIpc) is 2.83. The van der Waals surface area contributed by atoms with Gasteiger partial charge in [-0.1, -0.05) is 6.07 Å². The third kappa shape index (κ3) is 3.22. The van der Waals surface area contributed by atoms with Crippen LogP contribution in [-0.2, 0) is 33.8 Å². The molecular formula is C11H10O3S3Zn. The molecule has 18 heavy (non-hydrogen) atoms. The van der Waals surface area contributed by atoms with E-state index in [2.05, 4.69) is 16.8 Å². The zero-order valence-corrected chi connectivity index (χ0v) is 15.2. The maximum Gasteiger partial charge on any atom is 0.296 e. The molecule has 0 radical (unpaired) electrons. The predicted molar refractivity (Wildman–Crippen MR) is 71.2 cm³/mol. The van der Waals surface area contributed by atoms with Gasteiger partial charge < -0.3 is 0 Å². The first-order chi connectivity index (χ1) is 8.04. The molecule has 0 aliphatic heterocycles. The summed E-state index contributed by atoms with van der Waals surface area (Å²) in [6.45, 7) is 0. The van der Waals surface area contributed by atoms with Gasteiger partial charge in [-0.05, 0) is 29.6 Å². The van der Waals surface area contributed by atoms with Crippen LogP contribution in [0.5, 0.6) is 0 Å². The summed E-state index contributed by atoms with van der Waals surface area (Å²) in [6, 6.07) is 8.54. The summed E-state index contributed by atoms with van der Waals surface area (Å²) in [6.07, 6.45) is 0. The fourth-order valence-corrected chi connectivity index (χ4v) is 3.18. The first-order valence-corrected chi connectivity index (χ1v) is 7.45. The Morgan fingerprint density at radius 1 is 1.28 bits per heavy atom. The second kappa shape index (κ2) is 6.30. The van der Waals surface area contributed by atoms with Crippen LogP contribution in [0.3, 0.4) is 0 Å². The molecule has 0 saturated carbocycles. The molecule has 0 aliphatic rings. The predicted octanol–water partition coefficient (Wildman–Crippen LogP) is 3.04. The van der Waals surface area contributed by atoms with Gasteiger partial charge in [-0.15, -0.1) is 24.0 Å². The molecular weight excluding hydrogens is 342 g/mol. The van der Waals surface area contributed by atoms with Crippen LogP contribution in [0.15, 0.2) is 45.5 Å². The first kappa shape index (κ1) is 15.9. The van der Waals surface area contributed by atoms with Crippen molar-refractivity contribution in [3.05, 3.63) is 35.7 Å². The van der Waals surface area contributed by atoms with Gasteiger partial charge in [0.1, 0.15) is 0 Å². The van der Waals surface area contributed by atoms with Crippen LogP contribution in [0, 0.1) is 0 Å². The Morgan fingerprint density at radius 2 is 2.00 bits per heavy atom. The molecule has 0 N–H and O–H groups in total. The van der Waals surface area contributed by atoms with Gasteiger partial charge in [0, 0.05) is 34.8 Å². The van der Waals surface area contributed by atoms with Crippen LogP contribution in [0.25, 0.3) is 10.4 Å². The largest absolute Gasteiger partial charge is 0.296 e. The summed E-state index contributed by atoms with van der Waals surface area (Å²) in [5.41, 5.74) is 0.793. The van der Waals surface area contributed by atoms with Crippen LogP contribution in [0.1, 0.15) is 0 Å². The number of thiophene rings is 1. The van der Waals surface area contributed by atoms with Gasteiger partial charge in [0.15, 0.2) is 0 Å². The van der Waals surface area contributed by atoms with E-state index in [1.807, 2.05) is 17.5 Å². The number of thiol groups is 1. The molecule has 0 bridgehead atoms. The van der Waals surface area contributed by atoms with Gasteiger partial charge in [-0.25, -0.2) is 0 Å². The topological polar surface area (TPSA) is 43.4 Å². The molecule has 1 heterocycles. The maximum absolute atomic E-state index is 11.6. The summed E-state index contributed by atoms with van der Waals surface area (Å²) in [5.74, 6) is 0. The molecule has 0 aliphatic carbocycles. The van der Waals surface area contributed by atoms with Crippen LogP contribution < -0.4 is 0 Å². The summed E-state index contributed by atoms with van der Waals surface area (Å²) in [5, 5.41) is 1.93.